The van der Waals surface area contributed by atoms with E-state index in [4.69, 9.17) is 0 Å². The van der Waals surface area contributed by atoms with Gasteiger partial charge in [-0.05, 0) is 30.5 Å². The Morgan fingerprint density at radius 2 is 1.88 bits per heavy atom. The van der Waals surface area contributed by atoms with Crippen LogP contribution in [0.1, 0.15) is 45.9 Å². The van der Waals surface area contributed by atoms with Gasteiger partial charge < -0.3 is 9.88 Å². The van der Waals surface area contributed by atoms with Crippen LogP contribution in [0, 0.1) is 5.92 Å². The Labute approximate surface area is 196 Å². The summed E-state index contributed by atoms with van der Waals surface area (Å²) in [7, 11) is 0. The Morgan fingerprint density at radius 1 is 1.09 bits per heavy atom. The fourth-order valence-corrected chi connectivity index (χ4v) is 4.06. The van der Waals surface area contributed by atoms with Crippen LogP contribution in [0.3, 0.4) is 0 Å². The Hall–Kier alpha value is -3.75. The number of anilines is 1. The summed E-state index contributed by atoms with van der Waals surface area (Å²) in [6.45, 7) is 7.19. The molecule has 0 atom stereocenters. The Balaban J connectivity index is 1.60. The van der Waals surface area contributed by atoms with E-state index in [0.717, 1.165) is 23.7 Å². The number of para-hydroxylation sites is 1. The van der Waals surface area contributed by atoms with Crippen molar-refractivity contribution < 1.29 is 4.79 Å². The summed E-state index contributed by atoms with van der Waals surface area (Å²) < 4.78 is 3.38. The van der Waals surface area contributed by atoms with Crippen molar-refractivity contribution in [2.24, 2.45) is 5.92 Å². The van der Waals surface area contributed by atoms with E-state index in [2.05, 4.69) is 34.1 Å². The van der Waals surface area contributed by atoms with Crippen molar-refractivity contribution in [2.45, 2.75) is 59.5 Å². The van der Waals surface area contributed by atoms with Crippen LogP contribution >= 0.6 is 0 Å². The maximum absolute atomic E-state index is 12.7. The molecule has 3 heterocycles. The Morgan fingerprint density at radius 3 is 2.65 bits per heavy atom. The fourth-order valence-electron chi connectivity index (χ4n) is 4.06. The van der Waals surface area contributed by atoms with Crippen LogP contribution in [-0.4, -0.2) is 30.0 Å². The van der Waals surface area contributed by atoms with Crippen LogP contribution in [-0.2, 0) is 24.3 Å². The third-order valence-corrected chi connectivity index (χ3v) is 5.69. The molecule has 9 heteroatoms. The van der Waals surface area contributed by atoms with Gasteiger partial charge in [0.05, 0.1) is 5.52 Å². The molecule has 178 valence electrons. The number of benzene rings is 1. The summed E-state index contributed by atoms with van der Waals surface area (Å²) in [5.74, 6) is 1.17. The van der Waals surface area contributed by atoms with Crippen LogP contribution in [0.2, 0.25) is 0 Å². The van der Waals surface area contributed by atoms with E-state index < -0.39 is 11.2 Å². The number of nitrogens with one attached hydrogen (secondary N) is 2. The van der Waals surface area contributed by atoms with Gasteiger partial charge in [-0.25, -0.2) is 14.8 Å². The Bertz CT molecular complexity index is 1450. The van der Waals surface area contributed by atoms with Gasteiger partial charge in [-0.3, -0.25) is 19.1 Å². The summed E-state index contributed by atoms with van der Waals surface area (Å²) >= 11 is 0. The zero-order chi connectivity index (χ0) is 24.2. The van der Waals surface area contributed by atoms with Gasteiger partial charge in [-0.2, -0.15) is 0 Å². The molecule has 0 spiro atoms. The second-order valence-corrected chi connectivity index (χ2v) is 8.91. The number of rotatable bonds is 9. The molecule has 1 amide bonds. The quantitative estimate of drug-likeness (QED) is 0.395. The van der Waals surface area contributed by atoms with Gasteiger partial charge in [0, 0.05) is 31.3 Å². The first-order chi connectivity index (χ1) is 16.4. The number of aromatic amines is 1. The second-order valence-electron chi connectivity index (χ2n) is 8.91. The van der Waals surface area contributed by atoms with Gasteiger partial charge in [0.25, 0.3) is 5.56 Å². The van der Waals surface area contributed by atoms with Crippen molar-refractivity contribution in [1.29, 1.82) is 0 Å². The number of carbonyl (C=O) groups is 1. The number of fused-ring (bicyclic) bond motifs is 2. The van der Waals surface area contributed by atoms with Crippen LogP contribution in [0.25, 0.3) is 22.1 Å². The summed E-state index contributed by atoms with van der Waals surface area (Å²) in [5.41, 5.74) is 0.678. The monoisotopic (exact) mass is 462 g/mol. The first kappa shape index (κ1) is 23.4. The number of imidazole rings is 1. The largest absolute Gasteiger partial charge is 0.330 e. The third kappa shape index (κ3) is 4.93. The molecule has 1 aromatic carbocycles. The van der Waals surface area contributed by atoms with E-state index in [1.807, 2.05) is 41.8 Å². The minimum absolute atomic E-state index is 0.174. The molecule has 4 aromatic rings. The van der Waals surface area contributed by atoms with Gasteiger partial charge in [0.15, 0.2) is 11.2 Å². The molecule has 9 nitrogen and oxygen atoms in total. The number of pyridine rings is 1. The molecule has 2 N–H and O–H groups in total. The molecule has 0 aliphatic rings. The van der Waals surface area contributed by atoms with E-state index in [1.54, 1.807) is 6.07 Å². The maximum atomic E-state index is 12.7. The summed E-state index contributed by atoms with van der Waals surface area (Å²) in [5, 5.41) is 3.85. The average Bonchev–Trinajstić information content (AvgIpc) is 3.15. The average molecular weight is 463 g/mol. The van der Waals surface area contributed by atoms with Crippen molar-refractivity contribution in [3.8, 4) is 0 Å². The standard InChI is InChI=1S/C25H30N6O3/c1-4-5-14-30-23-22(24(33)29-25(30)34)31(15-16(2)3)20(28-23)12-13-21(32)27-19-11-10-17-8-6-7-9-18(17)26-19/h6-11,16H,4-5,12-15H2,1-3H3,(H,26,27,32)(H,29,33,34). The molecular weight excluding hydrogens is 432 g/mol. The first-order valence-electron chi connectivity index (χ1n) is 11.7. The lowest BCUT2D eigenvalue weighted by atomic mass is 10.2. The molecular formula is C25H30N6O3. The lowest BCUT2D eigenvalue weighted by Crippen LogP contribution is -2.31. The summed E-state index contributed by atoms with van der Waals surface area (Å²) in [4.78, 5) is 49.4. The molecule has 3 aromatic heterocycles. The van der Waals surface area contributed by atoms with Gasteiger partial charge in [0.1, 0.15) is 11.6 Å². The number of amides is 1. The third-order valence-electron chi connectivity index (χ3n) is 5.69. The molecule has 4 rings (SSSR count). The summed E-state index contributed by atoms with van der Waals surface area (Å²) in [6.07, 6.45) is 2.22. The number of carbonyl (C=O) groups excluding carboxylic acids is 1. The van der Waals surface area contributed by atoms with Crippen molar-refractivity contribution in [3.05, 3.63) is 63.1 Å². The van der Waals surface area contributed by atoms with Gasteiger partial charge >= 0.3 is 5.69 Å². The topological polar surface area (TPSA) is 115 Å². The molecule has 0 saturated heterocycles. The SMILES string of the molecule is CCCCn1c(=O)[nH]c(=O)c2c1nc(CCC(=O)Nc1ccc3ccccc3n1)n2CC(C)C. The van der Waals surface area contributed by atoms with Crippen LogP contribution in [0.15, 0.2) is 46.0 Å². The van der Waals surface area contributed by atoms with Crippen molar-refractivity contribution in [3.63, 3.8) is 0 Å². The molecule has 0 aliphatic heterocycles. The van der Waals surface area contributed by atoms with E-state index >= 15 is 0 Å². The number of aromatic nitrogens is 5. The molecule has 0 radical (unpaired) electrons. The van der Waals surface area contributed by atoms with Gasteiger partial charge in [0.2, 0.25) is 5.91 Å². The minimum atomic E-state index is -0.452. The smallest absolute Gasteiger partial charge is 0.322 e. The van der Waals surface area contributed by atoms with Crippen molar-refractivity contribution >= 4 is 33.8 Å². The van der Waals surface area contributed by atoms with E-state index in [0.29, 0.717) is 42.3 Å². The zero-order valence-electron chi connectivity index (χ0n) is 19.8. The van der Waals surface area contributed by atoms with Crippen LogP contribution < -0.4 is 16.6 Å². The highest BCUT2D eigenvalue weighted by Gasteiger charge is 2.20. The lowest BCUT2D eigenvalue weighted by Gasteiger charge is -2.11. The Kier molecular flexibility index (Phi) is 6.90. The van der Waals surface area contributed by atoms with Crippen molar-refractivity contribution in [2.75, 3.05) is 5.32 Å². The minimum Gasteiger partial charge on any atom is -0.322 e. The molecule has 34 heavy (non-hydrogen) atoms. The van der Waals surface area contributed by atoms with Crippen LogP contribution in [0.5, 0.6) is 0 Å². The maximum Gasteiger partial charge on any atom is 0.330 e. The molecule has 0 bridgehead atoms. The number of unbranched alkanes of at least 4 members (excludes halogenated alkanes) is 1. The van der Waals surface area contributed by atoms with E-state index in [9.17, 15) is 14.4 Å². The number of H-pyrrole nitrogens is 1. The highest BCUT2D eigenvalue weighted by atomic mass is 16.2. The van der Waals surface area contributed by atoms with Gasteiger partial charge in [-0.15, -0.1) is 0 Å². The normalized spacial score (nSPS) is 11.5. The van der Waals surface area contributed by atoms with Crippen molar-refractivity contribution in [1.82, 2.24) is 24.1 Å². The molecule has 0 unspecified atom stereocenters. The zero-order valence-corrected chi connectivity index (χ0v) is 19.8. The van der Waals surface area contributed by atoms with E-state index in [1.165, 1.54) is 4.57 Å². The fraction of sp³-hybridized carbons (Fsp3) is 0.400. The van der Waals surface area contributed by atoms with Crippen LogP contribution in [0.4, 0.5) is 5.82 Å². The number of hydrogen-bond acceptors (Lipinski definition) is 5. The predicted molar refractivity (Wildman–Crippen MR) is 133 cm³/mol. The predicted octanol–water partition coefficient (Wildman–Crippen LogP) is 3.46. The van der Waals surface area contributed by atoms with E-state index in [-0.39, 0.29) is 18.2 Å². The summed E-state index contributed by atoms with van der Waals surface area (Å²) in [6, 6.07) is 11.4. The highest BCUT2D eigenvalue weighted by Crippen LogP contribution is 2.17. The number of hydrogen-bond donors (Lipinski definition) is 2. The highest BCUT2D eigenvalue weighted by molar-refractivity contribution is 5.91. The number of nitrogens with zero attached hydrogens (tertiary/aromatic N) is 4. The van der Waals surface area contributed by atoms with Gasteiger partial charge in [-0.1, -0.05) is 45.4 Å². The molecule has 0 fully saturated rings. The molecule has 0 saturated carbocycles. The molecule has 0 aliphatic carbocycles. The first-order valence-corrected chi connectivity index (χ1v) is 11.7. The number of aryl methyl sites for hydroxylation is 2. The second kappa shape index (κ2) is 10.0. The lowest BCUT2D eigenvalue weighted by molar-refractivity contribution is -0.116.